The van der Waals surface area contributed by atoms with Gasteiger partial charge in [-0.3, -0.25) is 4.57 Å². The zero-order chi connectivity index (χ0) is 42.9. The highest BCUT2D eigenvalue weighted by Gasteiger charge is 2.36. The highest BCUT2D eigenvalue weighted by molar-refractivity contribution is 6.12. The van der Waals surface area contributed by atoms with Crippen molar-refractivity contribution in [3.63, 3.8) is 0 Å². The maximum Gasteiger partial charge on any atom is 0.145 e. The summed E-state index contributed by atoms with van der Waals surface area (Å²) in [4.78, 5) is 5.24. The molecule has 2 heterocycles. The Morgan fingerprint density at radius 2 is 0.953 bits per heavy atom. The number of hydrogen-bond donors (Lipinski definition) is 0. The zero-order valence-electron chi connectivity index (χ0n) is 36.3. The molecule has 0 amide bonds. The molecule has 0 unspecified atom stereocenters. The van der Waals surface area contributed by atoms with Crippen molar-refractivity contribution in [3.05, 3.63) is 216 Å². The molecule has 11 aromatic rings. The molecule has 0 N–H and O–H groups in total. The molecule has 9 aromatic carbocycles. The molecule has 13 rings (SSSR count). The highest BCUT2D eigenvalue weighted by Crippen LogP contribution is 2.52. The summed E-state index contributed by atoms with van der Waals surface area (Å²) < 4.78 is 9.25. The Balaban J connectivity index is 1.01. The van der Waals surface area contributed by atoms with Crippen molar-refractivity contribution in [1.29, 1.82) is 0 Å². The van der Waals surface area contributed by atoms with Crippen LogP contribution in [0.2, 0.25) is 0 Å². The number of fused-ring (bicyclic) bond motifs is 10. The minimum atomic E-state index is -0.115. The van der Waals surface area contributed by atoms with Crippen LogP contribution in [0.1, 0.15) is 49.9 Å². The van der Waals surface area contributed by atoms with E-state index in [1.165, 1.54) is 61.2 Å². The molecule has 0 fully saturated rings. The second-order valence-corrected chi connectivity index (χ2v) is 18.8. The molecular formula is C61H44N2O. The molecule has 0 saturated carbocycles. The quantitative estimate of drug-likeness (QED) is 0.173. The number of aromatic nitrogens is 2. The average Bonchev–Trinajstić information content (AvgIpc) is 4.04. The van der Waals surface area contributed by atoms with Gasteiger partial charge in [0.15, 0.2) is 0 Å². The number of hydrogen-bond acceptors (Lipinski definition) is 2. The van der Waals surface area contributed by atoms with Crippen LogP contribution in [0.15, 0.2) is 199 Å². The van der Waals surface area contributed by atoms with Gasteiger partial charge in [-0.1, -0.05) is 155 Å². The van der Waals surface area contributed by atoms with Gasteiger partial charge in [-0.25, -0.2) is 4.98 Å². The molecule has 0 atom stereocenters. The maximum absolute atomic E-state index is 6.98. The molecule has 64 heavy (non-hydrogen) atoms. The molecule has 0 saturated heterocycles. The lowest BCUT2D eigenvalue weighted by atomic mass is 9.81. The van der Waals surface area contributed by atoms with Gasteiger partial charge in [0.05, 0.1) is 11.0 Å². The Kier molecular flexibility index (Phi) is 7.71. The first-order valence-electron chi connectivity index (χ1n) is 22.4. The lowest BCUT2D eigenvalue weighted by molar-refractivity contribution is 0.660. The van der Waals surface area contributed by atoms with E-state index >= 15 is 0 Å². The third-order valence-electron chi connectivity index (χ3n) is 14.4. The second kappa shape index (κ2) is 13.4. The average molecular weight is 821 g/mol. The Bertz CT molecular complexity index is 3730. The van der Waals surface area contributed by atoms with Crippen molar-refractivity contribution in [1.82, 2.24) is 9.55 Å². The zero-order valence-corrected chi connectivity index (χ0v) is 36.3. The first kappa shape index (κ1) is 36.9. The largest absolute Gasteiger partial charge is 0.455 e. The summed E-state index contributed by atoms with van der Waals surface area (Å²) >= 11 is 0. The third kappa shape index (κ3) is 5.31. The summed E-state index contributed by atoms with van der Waals surface area (Å²) in [6.07, 6.45) is 0. The van der Waals surface area contributed by atoms with E-state index in [1.807, 2.05) is 0 Å². The van der Waals surface area contributed by atoms with Gasteiger partial charge in [0, 0.05) is 38.4 Å². The molecule has 3 nitrogen and oxygen atoms in total. The van der Waals surface area contributed by atoms with Crippen LogP contribution in [0.3, 0.4) is 0 Å². The van der Waals surface area contributed by atoms with Crippen LogP contribution in [-0.2, 0) is 10.8 Å². The Hall–Kier alpha value is -7.75. The van der Waals surface area contributed by atoms with Crippen molar-refractivity contribution < 1.29 is 4.42 Å². The molecule has 2 aliphatic carbocycles. The highest BCUT2D eigenvalue weighted by atomic mass is 16.3. The van der Waals surface area contributed by atoms with Crippen LogP contribution in [0.5, 0.6) is 0 Å². The number of nitrogens with zero attached hydrogens (tertiary/aromatic N) is 2. The summed E-state index contributed by atoms with van der Waals surface area (Å²) in [6.45, 7) is 9.41. The lowest BCUT2D eigenvalue weighted by Gasteiger charge is -2.22. The van der Waals surface area contributed by atoms with Gasteiger partial charge >= 0.3 is 0 Å². The van der Waals surface area contributed by atoms with E-state index < -0.39 is 0 Å². The Morgan fingerprint density at radius 1 is 0.391 bits per heavy atom. The minimum absolute atomic E-state index is 0.0799. The van der Waals surface area contributed by atoms with Crippen molar-refractivity contribution in [2.24, 2.45) is 0 Å². The van der Waals surface area contributed by atoms with Gasteiger partial charge in [-0.2, -0.15) is 0 Å². The predicted octanol–water partition coefficient (Wildman–Crippen LogP) is 16.2. The van der Waals surface area contributed by atoms with E-state index in [9.17, 15) is 0 Å². The lowest BCUT2D eigenvalue weighted by Crippen LogP contribution is -2.14. The van der Waals surface area contributed by atoms with Gasteiger partial charge in [0.1, 0.15) is 17.0 Å². The Labute approximate surface area is 372 Å². The number of imidazole rings is 1. The topological polar surface area (TPSA) is 31.0 Å². The fourth-order valence-corrected chi connectivity index (χ4v) is 11.1. The van der Waals surface area contributed by atoms with Crippen molar-refractivity contribution in [2.75, 3.05) is 0 Å². The van der Waals surface area contributed by atoms with Crippen LogP contribution in [0.4, 0.5) is 0 Å². The van der Waals surface area contributed by atoms with Crippen LogP contribution >= 0.6 is 0 Å². The molecule has 0 bridgehead atoms. The number of para-hydroxylation sites is 3. The standard InChI is InChI=1S/C61H44N2O/c1-60(2)51-21-10-8-19-44(51)46-28-25-38(35-53(46)60)37-27-30-57-49(32-37)50-34-42(39-26-29-47-45-20-9-11-22-52(45)61(3,4)54(47)36-39)33-48(58(50)64-57)40-15-14-16-41(31-40)59-62-55-23-12-13-24-56(55)63(59)43-17-6-5-7-18-43/h5-36H,1-4H3. The van der Waals surface area contributed by atoms with Gasteiger partial charge in [0.2, 0.25) is 0 Å². The number of furan rings is 1. The van der Waals surface area contributed by atoms with Crippen molar-refractivity contribution in [2.45, 2.75) is 38.5 Å². The predicted molar refractivity (Wildman–Crippen MR) is 265 cm³/mol. The first-order chi connectivity index (χ1) is 31.2. The fourth-order valence-electron chi connectivity index (χ4n) is 11.1. The molecule has 304 valence electrons. The fraction of sp³-hybridized carbons (Fsp3) is 0.0984. The Morgan fingerprint density at radius 3 is 1.67 bits per heavy atom. The molecule has 2 aromatic heterocycles. The van der Waals surface area contributed by atoms with E-state index in [2.05, 4.69) is 226 Å². The number of rotatable bonds is 5. The minimum Gasteiger partial charge on any atom is -0.455 e. The monoisotopic (exact) mass is 820 g/mol. The summed E-state index contributed by atoms with van der Waals surface area (Å²) in [5, 5.41) is 2.21. The smallest absolute Gasteiger partial charge is 0.145 e. The molecule has 0 radical (unpaired) electrons. The van der Waals surface area contributed by atoms with Gasteiger partial charge in [-0.15, -0.1) is 0 Å². The molecular weight excluding hydrogens is 777 g/mol. The molecule has 0 spiro atoms. The van der Waals surface area contributed by atoms with Crippen LogP contribution < -0.4 is 0 Å². The van der Waals surface area contributed by atoms with Crippen LogP contribution in [0, 0.1) is 0 Å². The van der Waals surface area contributed by atoms with Crippen LogP contribution in [0.25, 0.3) is 106 Å². The SMILES string of the molecule is CC1(C)c2ccccc2-c2ccc(-c3ccc4oc5c(-c6cccc(-c7nc8ccccc8n7-c7ccccc7)c6)cc(-c6ccc7c(c6)C(C)(C)c6ccccc6-7)cc5c4c3)cc21. The third-order valence-corrected chi connectivity index (χ3v) is 14.4. The van der Waals surface area contributed by atoms with E-state index in [-0.39, 0.29) is 10.8 Å². The second-order valence-electron chi connectivity index (χ2n) is 18.8. The first-order valence-corrected chi connectivity index (χ1v) is 22.4. The van der Waals surface area contributed by atoms with Gasteiger partial charge in [0.25, 0.3) is 0 Å². The normalized spacial score (nSPS) is 14.2. The molecule has 2 aliphatic rings. The van der Waals surface area contributed by atoms with Gasteiger partial charge < -0.3 is 4.42 Å². The van der Waals surface area contributed by atoms with E-state index in [1.54, 1.807) is 0 Å². The van der Waals surface area contributed by atoms with E-state index in [0.29, 0.717) is 0 Å². The van der Waals surface area contributed by atoms with Crippen molar-refractivity contribution in [3.8, 4) is 72.7 Å². The van der Waals surface area contributed by atoms with Gasteiger partial charge in [-0.05, 0) is 139 Å². The van der Waals surface area contributed by atoms with E-state index in [0.717, 1.165) is 66.7 Å². The summed E-state index contributed by atoms with van der Waals surface area (Å²) in [6, 6.07) is 71.0. The van der Waals surface area contributed by atoms with Crippen LogP contribution in [-0.4, -0.2) is 9.55 Å². The van der Waals surface area contributed by atoms with E-state index in [4.69, 9.17) is 9.40 Å². The molecule has 0 aliphatic heterocycles. The number of benzene rings is 9. The van der Waals surface area contributed by atoms with Crippen molar-refractivity contribution >= 4 is 33.0 Å². The maximum atomic E-state index is 6.98. The summed E-state index contributed by atoms with van der Waals surface area (Å²) in [5.74, 6) is 0.900. The summed E-state index contributed by atoms with van der Waals surface area (Å²) in [5.41, 5.74) is 23.4. The summed E-state index contributed by atoms with van der Waals surface area (Å²) in [7, 11) is 0. The molecule has 3 heteroatoms.